The lowest BCUT2D eigenvalue weighted by atomic mass is 10.1. The molecule has 3 aromatic rings. The fraction of sp³-hybridized carbons (Fsp3) is 0.417. The van der Waals surface area contributed by atoms with Crippen molar-refractivity contribution in [2.75, 3.05) is 39.8 Å². The number of aromatic nitrogens is 1. The predicted octanol–water partition coefficient (Wildman–Crippen LogP) is 3.72. The molecule has 1 saturated heterocycles. The van der Waals surface area contributed by atoms with Crippen LogP contribution < -0.4 is 5.32 Å². The lowest BCUT2D eigenvalue weighted by molar-refractivity contribution is -0.122. The average molecular weight is 423 g/mol. The Hall–Kier alpha value is -2.28. The van der Waals surface area contributed by atoms with Crippen molar-refractivity contribution in [1.29, 1.82) is 0 Å². The van der Waals surface area contributed by atoms with Crippen LogP contribution in [0, 0.1) is 0 Å². The predicted molar refractivity (Wildman–Crippen MR) is 124 cm³/mol. The summed E-state index contributed by atoms with van der Waals surface area (Å²) in [4.78, 5) is 22.2. The summed E-state index contributed by atoms with van der Waals surface area (Å²) < 4.78 is 1.22. The first-order valence-corrected chi connectivity index (χ1v) is 11.6. The third-order valence-corrected chi connectivity index (χ3v) is 6.80. The van der Waals surface area contributed by atoms with Crippen molar-refractivity contribution in [2.45, 2.75) is 25.3 Å². The van der Waals surface area contributed by atoms with Crippen LogP contribution in [0.2, 0.25) is 0 Å². The Labute approximate surface area is 182 Å². The first kappa shape index (κ1) is 21.0. The normalized spacial score (nSPS) is 16.6. The largest absolute Gasteiger partial charge is 0.348 e. The van der Waals surface area contributed by atoms with Gasteiger partial charge in [-0.2, -0.15) is 0 Å². The molecule has 1 aromatic heterocycles. The number of likely N-dealkylation sites (N-methyl/N-ethyl adjacent to an activating group) is 1. The number of aryl methyl sites for hydroxylation is 1. The van der Waals surface area contributed by atoms with Crippen molar-refractivity contribution in [1.82, 2.24) is 20.1 Å². The van der Waals surface area contributed by atoms with Gasteiger partial charge in [0, 0.05) is 39.1 Å². The molecule has 0 bridgehead atoms. The van der Waals surface area contributed by atoms with Gasteiger partial charge >= 0.3 is 0 Å². The highest BCUT2D eigenvalue weighted by Gasteiger charge is 2.21. The zero-order chi connectivity index (χ0) is 20.8. The molecule has 0 radical (unpaired) electrons. The zero-order valence-corrected chi connectivity index (χ0v) is 18.4. The maximum atomic E-state index is 12.7. The lowest BCUT2D eigenvalue weighted by Gasteiger charge is -2.35. The van der Waals surface area contributed by atoms with E-state index in [0.717, 1.165) is 56.1 Å². The number of amides is 1. The topological polar surface area (TPSA) is 48.5 Å². The minimum atomic E-state index is 0.0320. The maximum Gasteiger partial charge on any atom is 0.220 e. The average Bonchev–Trinajstić information content (AvgIpc) is 3.18. The summed E-state index contributed by atoms with van der Waals surface area (Å²) in [5, 5.41) is 4.41. The van der Waals surface area contributed by atoms with E-state index in [-0.39, 0.29) is 11.9 Å². The zero-order valence-electron chi connectivity index (χ0n) is 17.6. The van der Waals surface area contributed by atoms with E-state index in [0.29, 0.717) is 6.42 Å². The molecule has 1 unspecified atom stereocenters. The Morgan fingerprint density at radius 1 is 1.07 bits per heavy atom. The number of carbonyl (C=O) groups excluding carboxylic acids is 1. The number of benzene rings is 2. The van der Waals surface area contributed by atoms with Crippen molar-refractivity contribution in [3.8, 4) is 0 Å². The number of para-hydroxylation sites is 1. The van der Waals surface area contributed by atoms with Crippen molar-refractivity contribution in [3.05, 3.63) is 65.2 Å². The number of fused-ring (bicyclic) bond motifs is 1. The van der Waals surface area contributed by atoms with Crippen molar-refractivity contribution >= 4 is 27.5 Å². The van der Waals surface area contributed by atoms with Crippen molar-refractivity contribution in [2.24, 2.45) is 0 Å². The van der Waals surface area contributed by atoms with Gasteiger partial charge in [0.05, 0.1) is 21.3 Å². The molecule has 0 saturated carbocycles. The summed E-state index contributed by atoms with van der Waals surface area (Å²) in [5.41, 5.74) is 2.23. The summed E-state index contributed by atoms with van der Waals surface area (Å²) in [6, 6.07) is 18.6. The molecule has 2 aromatic carbocycles. The summed E-state index contributed by atoms with van der Waals surface area (Å²) >= 11 is 1.73. The number of rotatable bonds is 8. The first-order chi connectivity index (χ1) is 14.7. The summed E-state index contributed by atoms with van der Waals surface area (Å²) in [6.45, 7) is 5.12. The van der Waals surface area contributed by atoms with Crippen LogP contribution in [-0.4, -0.2) is 60.5 Å². The molecule has 1 aliphatic rings. The van der Waals surface area contributed by atoms with Crippen molar-refractivity contribution in [3.63, 3.8) is 0 Å². The van der Waals surface area contributed by atoms with Crippen LogP contribution in [0.25, 0.3) is 10.2 Å². The van der Waals surface area contributed by atoms with Gasteiger partial charge in [-0.25, -0.2) is 4.98 Å². The van der Waals surface area contributed by atoms with Crippen LogP contribution in [0.15, 0.2) is 54.6 Å². The molecular formula is C24H30N4OS. The van der Waals surface area contributed by atoms with Gasteiger partial charge in [-0.05, 0) is 37.6 Å². The Balaban J connectivity index is 1.31. The smallest absolute Gasteiger partial charge is 0.220 e. The van der Waals surface area contributed by atoms with Gasteiger partial charge < -0.3 is 10.2 Å². The number of carbonyl (C=O) groups is 1. The highest BCUT2D eigenvalue weighted by atomic mass is 32.1. The van der Waals surface area contributed by atoms with Gasteiger partial charge in [0.15, 0.2) is 0 Å². The standard InChI is InChI=1S/C24H30N4OS/c1-27-14-16-28(17-15-27)18-21(19-8-3-2-4-9-19)25-23(29)12-7-13-24-26-20-10-5-6-11-22(20)30-24/h2-6,8-11,21H,7,12-18H2,1H3,(H,25,29). The van der Waals surface area contributed by atoms with Gasteiger partial charge in [0.2, 0.25) is 5.91 Å². The number of hydrogen-bond donors (Lipinski definition) is 1. The molecule has 0 aliphatic carbocycles. The van der Waals surface area contributed by atoms with Gasteiger partial charge in [-0.15, -0.1) is 11.3 Å². The number of thiazole rings is 1. The molecular weight excluding hydrogens is 392 g/mol. The van der Waals surface area contributed by atoms with E-state index in [1.54, 1.807) is 11.3 Å². The number of nitrogens with one attached hydrogen (secondary N) is 1. The Morgan fingerprint density at radius 3 is 2.57 bits per heavy atom. The monoisotopic (exact) mass is 422 g/mol. The van der Waals surface area contributed by atoms with Gasteiger partial charge in [-0.3, -0.25) is 9.69 Å². The molecule has 1 atom stereocenters. The minimum Gasteiger partial charge on any atom is -0.348 e. The van der Waals surface area contributed by atoms with Crippen LogP contribution >= 0.6 is 11.3 Å². The third-order valence-electron chi connectivity index (χ3n) is 5.71. The van der Waals surface area contributed by atoms with Crippen LogP contribution in [0.1, 0.15) is 29.5 Å². The molecule has 158 valence electrons. The Kier molecular flexibility index (Phi) is 7.10. The molecule has 6 heteroatoms. The maximum absolute atomic E-state index is 12.7. The highest BCUT2D eigenvalue weighted by molar-refractivity contribution is 7.18. The van der Waals surface area contributed by atoms with E-state index < -0.39 is 0 Å². The fourth-order valence-corrected chi connectivity index (χ4v) is 4.91. The van der Waals surface area contributed by atoms with Crippen LogP contribution in [0.5, 0.6) is 0 Å². The number of nitrogens with zero attached hydrogens (tertiary/aromatic N) is 3. The second-order valence-electron chi connectivity index (χ2n) is 8.06. The molecule has 0 spiro atoms. The first-order valence-electron chi connectivity index (χ1n) is 10.8. The third kappa shape index (κ3) is 5.65. The summed E-state index contributed by atoms with van der Waals surface area (Å²) in [5.74, 6) is 0.124. The van der Waals surface area contributed by atoms with E-state index in [4.69, 9.17) is 0 Å². The van der Waals surface area contributed by atoms with E-state index >= 15 is 0 Å². The summed E-state index contributed by atoms with van der Waals surface area (Å²) in [7, 11) is 2.17. The Morgan fingerprint density at radius 2 is 1.80 bits per heavy atom. The molecule has 5 nitrogen and oxygen atoms in total. The second-order valence-corrected chi connectivity index (χ2v) is 9.18. The molecule has 1 amide bonds. The van der Waals surface area contributed by atoms with Gasteiger partial charge in [0.25, 0.3) is 0 Å². The van der Waals surface area contributed by atoms with Gasteiger partial charge in [-0.1, -0.05) is 42.5 Å². The fourth-order valence-electron chi connectivity index (χ4n) is 3.90. The second kappa shape index (κ2) is 10.2. The molecule has 2 heterocycles. The van der Waals surface area contributed by atoms with E-state index in [1.807, 2.05) is 36.4 Å². The van der Waals surface area contributed by atoms with Crippen LogP contribution in [0.3, 0.4) is 0 Å². The van der Waals surface area contributed by atoms with Gasteiger partial charge in [0.1, 0.15) is 0 Å². The summed E-state index contributed by atoms with van der Waals surface area (Å²) in [6.07, 6.45) is 2.20. The molecule has 1 fully saturated rings. The van der Waals surface area contributed by atoms with E-state index in [9.17, 15) is 4.79 Å². The van der Waals surface area contributed by atoms with Crippen molar-refractivity contribution < 1.29 is 4.79 Å². The quantitative estimate of drug-likeness (QED) is 0.601. The molecule has 30 heavy (non-hydrogen) atoms. The molecule has 4 rings (SSSR count). The minimum absolute atomic E-state index is 0.0320. The van der Waals surface area contributed by atoms with Crippen LogP contribution in [0.4, 0.5) is 0 Å². The SMILES string of the molecule is CN1CCN(CC(NC(=O)CCCc2nc3ccccc3s2)c2ccccc2)CC1. The molecule has 1 N–H and O–H groups in total. The molecule has 1 aliphatic heterocycles. The number of piperazine rings is 1. The lowest BCUT2D eigenvalue weighted by Crippen LogP contribution is -2.47. The number of hydrogen-bond acceptors (Lipinski definition) is 5. The van der Waals surface area contributed by atoms with E-state index in [2.05, 4.69) is 45.3 Å². The Bertz CT molecular complexity index is 917. The van der Waals surface area contributed by atoms with E-state index in [1.165, 1.54) is 10.3 Å². The highest BCUT2D eigenvalue weighted by Crippen LogP contribution is 2.23. The van der Waals surface area contributed by atoms with Crippen LogP contribution in [-0.2, 0) is 11.2 Å².